The topological polar surface area (TPSA) is 61.8 Å². The molecule has 5 nitrogen and oxygen atoms in total. The summed E-state index contributed by atoms with van der Waals surface area (Å²) in [5, 5.41) is 0.469. The maximum Gasteiger partial charge on any atom is 0.339 e. The highest BCUT2D eigenvalue weighted by Gasteiger charge is 2.30. The number of esters is 2. The summed E-state index contributed by atoms with van der Waals surface area (Å²) in [5.41, 5.74) is 3.04. The van der Waals surface area contributed by atoms with Gasteiger partial charge >= 0.3 is 11.9 Å². The monoisotopic (exact) mass is 476 g/mol. The Morgan fingerprint density at radius 2 is 1.76 bits per heavy atom. The fraction of sp³-hybridized carbons (Fsp3) is 0.214. The maximum absolute atomic E-state index is 12.8. The summed E-state index contributed by atoms with van der Waals surface area (Å²) < 4.78 is 17.0. The van der Waals surface area contributed by atoms with E-state index < -0.39 is 17.5 Å². The lowest BCUT2D eigenvalue weighted by molar-refractivity contribution is -0.133. The average Bonchev–Trinajstić information content (AvgIpc) is 3.19. The zero-order valence-corrected chi connectivity index (χ0v) is 20.0. The van der Waals surface area contributed by atoms with Crippen LogP contribution in [0.3, 0.4) is 0 Å². The normalized spacial score (nSPS) is 13.6. The second kappa shape index (κ2) is 9.74. The van der Waals surface area contributed by atoms with Crippen LogP contribution in [0.15, 0.2) is 72.8 Å². The third-order valence-electron chi connectivity index (χ3n) is 5.15. The van der Waals surface area contributed by atoms with Gasteiger partial charge in [0.05, 0.1) is 11.1 Å². The zero-order valence-electron chi connectivity index (χ0n) is 19.3. The van der Waals surface area contributed by atoms with Crippen molar-refractivity contribution >= 4 is 34.7 Å². The largest absolute Gasteiger partial charge is 0.488 e. The first-order valence-electron chi connectivity index (χ1n) is 10.9. The Kier molecular flexibility index (Phi) is 6.75. The molecule has 0 saturated carbocycles. The minimum Gasteiger partial charge on any atom is -0.488 e. The Labute approximate surface area is 203 Å². The fourth-order valence-corrected chi connectivity index (χ4v) is 3.81. The highest BCUT2D eigenvalue weighted by molar-refractivity contribution is 6.32. The van der Waals surface area contributed by atoms with Crippen LogP contribution in [0, 0.1) is 0 Å². The van der Waals surface area contributed by atoms with E-state index in [1.807, 2.05) is 57.2 Å². The van der Waals surface area contributed by atoms with Gasteiger partial charge in [-0.05, 0) is 62.2 Å². The molecule has 174 valence electrons. The SMILES string of the molecule is CC(C)(C)OC(=O)c1cccc(C2=C(c3cc(Cl)ccc3OCc3ccccc3)C(=O)OC2)c1. The molecule has 3 aromatic rings. The smallest absolute Gasteiger partial charge is 0.339 e. The van der Waals surface area contributed by atoms with Gasteiger partial charge in [0.1, 0.15) is 24.6 Å². The molecule has 0 unspecified atom stereocenters. The number of ether oxygens (including phenoxy) is 3. The van der Waals surface area contributed by atoms with Crippen LogP contribution in [0.2, 0.25) is 5.02 Å². The lowest BCUT2D eigenvalue weighted by Crippen LogP contribution is -2.23. The van der Waals surface area contributed by atoms with Crippen LogP contribution in [0.1, 0.15) is 47.8 Å². The number of hydrogen-bond acceptors (Lipinski definition) is 5. The van der Waals surface area contributed by atoms with E-state index in [4.69, 9.17) is 25.8 Å². The molecule has 3 aromatic carbocycles. The average molecular weight is 477 g/mol. The number of carbonyl (C=O) groups excluding carboxylic acids is 2. The number of carbonyl (C=O) groups is 2. The Balaban J connectivity index is 1.73. The second-order valence-electron chi connectivity index (χ2n) is 8.93. The van der Waals surface area contributed by atoms with Crippen molar-refractivity contribution in [2.45, 2.75) is 33.0 Å². The van der Waals surface area contributed by atoms with E-state index in [9.17, 15) is 9.59 Å². The molecule has 0 fully saturated rings. The van der Waals surface area contributed by atoms with E-state index >= 15 is 0 Å². The number of halogens is 1. The lowest BCUT2D eigenvalue weighted by atomic mass is 9.95. The minimum absolute atomic E-state index is 0.0799. The Morgan fingerprint density at radius 1 is 1.00 bits per heavy atom. The van der Waals surface area contributed by atoms with E-state index in [1.54, 1.807) is 36.4 Å². The Bertz CT molecular complexity index is 1260. The summed E-state index contributed by atoms with van der Waals surface area (Å²) in [7, 11) is 0. The van der Waals surface area contributed by atoms with Gasteiger partial charge in [-0.1, -0.05) is 54.1 Å². The van der Waals surface area contributed by atoms with Crippen LogP contribution in [-0.4, -0.2) is 24.1 Å². The van der Waals surface area contributed by atoms with E-state index in [0.29, 0.717) is 45.2 Å². The van der Waals surface area contributed by atoms with Crippen molar-refractivity contribution in [3.8, 4) is 5.75 Å². The van der Waals surface area contributed by atoms with Gasteiger partial charge in [0, 0.05) is 16.2 Å². The van der Waals surface area contributed by atoms with E-state index in [2.05, 4.69) is 0 Å². The van der Waals surface area contributed by atoms with Crippen molar-refractivity contribution in [1.29, 1.82) is 0 Å². The maximum atomic E-state index is 12.8. The molecule has 0 bridgehead atoms. The van der Waals surface area contributed by atoms with Crippen LogP contribution in [0.25, 0.3) is 11.1 Å². The Hall–Kier alpha value is -3.57. The lowest BCUT2D eigenvalue weighted by Gasteiger charge is -2.19. The zero-order chi connectivity index (χ0) is 24.3. The molecule has 34 heavy (non-hydrogen) atoms. The van der Waals surface area contributed by atoms with Crippen LogP contribution in [-0.2, 0) is 20.9 Å². The van der Waals surface area contributed by atoms with E-state index in [-0.39, 0.29) is 6.61 Å². The summed E-state index contributed by atoms with van der Waals surface area (Å²) >= 11 is 6.29. The molecule has 0 spiro atoms. The van der Waals surface area contributed by atoms with Gasteiger partial charge in [0.25, 0.3) is 0 Å². The van der Waals surface area contributed by atoms with Crippen molar-refractivity contribution in [3.05, 3.63) is 100 Å². The number of rotatable bonds is 6. The van der Waals surface area contributed by atoms with E-state index in [0.717, 1.165) is 5.56 Å². The quantitative estimate of drug-likeness (QED) is 0.388. The highest BCUT2D eigenvalue weighted by atomic mass is 35.5. The van der Waals surface area contributed by atoms with Crippen LogP contribution < -0.4 is 4.74 Å². The number of cyclic esters (lactones) is 1. The summed E-state index contributed by atoms with van der Waals surface area (Å²) in [4.78, 5) is 25.4. The molecule has 0 aromatic heterocycles. The van der Waals surface area contributed by atoms with Crippen molar-refractivity contribution in [2.75, 3.05) is 6.61 Å². The fourth-order valence-electron chi connectivity index (χ4n) is 3.64. The predicted octanol–water partition coefficient (Wildman–Crippen LogP) is 6.34. The molecule has 4 rings (SSSR count). The van der Waals surface area contributed by atoms with Gasteiger partial charge in [-0.25, -0.2) is 9.59 Å². The minimum atomic E-state index is -0.615. The molecule has 0 atom stereocenters. The first-order chi connectivity index (χ1) is 16.2. The van der Waals surface area contributed by atoms with Crippen molar-refractivity contribution in [2.24, 2.45) is 0 Å². The molecule has 0 N–H and O–H groups in total. The third kappa shape index (κ3) is 5.49. The number of hydrogen-bond donors (Lipinski definition) is 0. The Morgan fingerprint density at radius 3 is 2.50 bits per heavy atom. The van der Waals surface area contributed by atoms with Crippen LogP contribution >= 0.6 is 11.6 Å². The highest BCUT2D eigenvalue weighted by Crippen LogP contribution is 2.39. The second-order valence-corrected chi connectivity index (χ2v) is 9.36. The van der Waals surface area contributed by atoms with E-state index in [1.165, 1.54) is 0 Å². The van der Waals surface area contributed by atoms with Crippen molar-refractivity contribution in [3.63, 3.8) is 0 Å². The summed E-state index contributed by atoms with van der Waals surface area (Å²) in [6.45, 7) is 5.86. The summed E-state index contributed by atoms with van der Waals surface area (Å²) in [6.07, 6.45) is 0. The summed E-state index contributed by atoms with van der Waals surface area (Å²) in [5.74, 6) is -0.385. The molecule has 1 aliphatic heterocycles. The van der Waals surface area contributed by atoms with Gasteiger partial charge < -0.3 is 14.2 Å². The van der Waals surface area contributed by atoms with Gasteiger partial charge in [-0.2, -0.15) is 0 Å². The molecule has 6 heteroatoms. The van der Waals surface area contributed by atoms with Crippen LogP contribution in [0.4, 0.5) is 0 Å². The van der Waals surface area contributed by atoms with Crippen LogP contribution in [0.5, 0.6) is 5.75 Å². The third-order valence-corrected chi connectivity index (χ3v) is 5.38. The number of benzene rings is 3. The van der Waals surface area contributed by atoms with Gasteiger partial charge in [0.15, 0.2) is 0 Å². The first-order valence-corrected chi connectivity index (χ1v) is 11.3. The first kappa shape index (κ1) is 23.6. The van der Waals surface area contributed by atoms with Gasteiger partial charge in [0.2, 0.25) is 0 Å². The molecular formula is C28H25ClO5. The molecule has 0 aliphatic carbocycles. The van der Waals surface area contributed by atoms with Gasteiger partial charge in [-0.3, -0.25) is 0 Å². The molecule has 0 amide bonds. The molecule has 1 heterocycles. The standard InChI is InChI=1S/C28H25ClO5/c1-28(2,3)34-26(30)20-11-7-10-19(14-20)23-17-33-27(31)25(23)22-15-21(29)12-13-24(22)32-16-18-8-5-4-6-9-18/h4-15H,16-17H2,1-3H3. The molecule has 0 radical (unpaired) electrons. The molecular weight excluding hydrogens is 452 g/mol. The van der Waals surface area contributed by atoms with Crippen molar-refractivity contribution < 1.29 is 23.8 Å². The predicted molar refractivity (Wildman–Crippen MR) is 132 cm³/mol. The molecule has 0 saturated heterocycles. The van der Waals surface area contributed by atoms with Gasteiger partial charge in [-0.15, -0.1) is 0 Å². The molecule has 1 aliphatic rings. The summed E-state index contributed by atoms with van der Waals surface area (Å²) in [6, 6.07) is 21.9. The van der Waals surface area contributed by atoms with Crippen molar-refractivity contribution in [1.82, 2.24) is 0 Å².